The fourth-order valence-electron chi connectivity index (χ4n) is 2.47. The van der Waals surface area contributed by atoms with Crippen LogP contribution in [-0.4, -0.2) is 23.8 Å². The maximum Gasteiger partial charge on any atom is 0.266 e. The summed E-state index contributed by atoms with van der Waals surface area (Å²) >= 11 is 5.38. The van der Waals surface area contributed by atoms with E-state index >= 15 is 0 Å². The summed E-state index contributed by atoms with van der Waals surface area (Å²) < 4.78 is 1.65. The van der Waals surface area contributed by atoms with Crippen LogP contribution in [0.15, 0.2) is 53.0 Å². The molecule has 2 aromatic rings. The van der Waals surface area contributed by atoms with Gasteiger partial charge in [-0.3, -0.25) is 19.8 Å². The number of carbonyl (C=O) groups excluding carboxylic acids is 3. The molecular formula is C17H13BrIN3O3. The number of hydrogen-bond acceptors (Lipinski definition) is 4. The second kappa shape index (κ2) is 7.63. The standard InChI is InChI=1S/C17H13BrIN3O3/c18-10-5-7-11(8-6-10)22-15(23)9-14(17(22)25)20-21-16(24)12-3-1-2-4-13(12)19/h1-8,14,20H,9H2,(H,21,24)/t14-/m1/s1. The first-order valence-electron chi connectivity index (χ1n) is 7.40. The van der Waals surface area contributed by atoms with Crippen molar-refractivity contribution in [3.8, 4) is 0 Å². The zero-order valence-electron chi connectivity index (χ0n) is 12.8. The molecule has 1 saturated heterocycles. The minimum atomic E-state index is -0.790. The topological polar surface area (TPSA) is 78.5 Å². The van der Waals surface area contributed by atoms with Crippen molar-refractivity contribution >= 4 is 61.9 Å². The average molecular weight is 514 g/mol. The van der Waals surface area contributed by atoms with Gasteiger partial charge in [0.15, 0.2) is 0 Å². The van der Waals surface area contributed by atoms with E-state index in [1.165, 1.54) is 0 Å². The molecular weight excluding hydrogens is 501 g/mol. The van der Waals surface area contributed by atoms with Gasteiger partial charge in [-0.2, -0.15) is 0 Å². The van der Waals surface area contributed by atoms with E-state index in [0.29, 0.717) is 11.3 Å². The lowest BCUT2D eigenvalue weighted by Gasteiger charge is -2.16. The minimum absolute atomic E-state index is 0.0128. The molecule has 0 aromatic heterocycles. The van der Waals surface area contributed by atoms with Crippen LogP contribution in [-0.2, 0) is 9.59 Å². The zero-order chi connectivity index (χ0) is 18.0. The van der Waals surface area contributed by atoms with Gasteiger partial charge < -0.3 is 0 Å². The summed E-state index contributed by atoms with van der Waals surface area (Å²) in [6.07, 6.45) is -0.0128. The first-order valence-corrected chi connectivity index (χ1v) is 9.27. The number of nitrogens with zero attached hydrogens (tertiary/aromatic N) is 1. The molecule has 128 valence electrons. The SMILES string of the molecule is O=C(NN[C@@H]1CC(=O)N(c2ccc(Br)cc2)C1=O)c1ccccc1I. The Morgan fingerprint density at radius 2 is 1.80 bits per heavy atom. The summed E-state index contributed by atoms with van der Waals surface area (Å²) in [5.74, 6) is -1.06. The van der Waals surface area contributed by atoms with Crippen LogP contribution in [0.4, 0.5) is 5.69 Å². The predicted octanol–water partition coefficient (Wildman–Crippen LogP) is 2.62. The van der Waals surface area contributed by atoms with Crippen molar-refractivity contribution in [2.24, 2.45) is 0 Å². The van der Waals surface area contributed by atoms with Crippen molar-refractivity contribution < 1.29 is 14.4 Å². The molecule has 1 heterocycles. The highest BCUT2D eigenvalue weighted by Gasteiger charge is 2.39. The van der Waals surface area contributed by atoms with Crippen LogP contribution in [0.1, 0.15) is 16.8 Å². The molecule has 0 radical (unpaired) electrons. The van der Waals surface area contributed by atoms with Gasteiger partial charge in [0.1, 0.15) is 6.04 Å². The first kappa shape index (κ1) is 18.0. The smallest absolute Gasteiger partial charge is 0.266 e. The number of anilines is 1. The highest BCUT2D eigenvalue weighted by molar-refractivity contribution is 14.1. The third kappa shape index (κ3) is 3.91. The van der Waals surface area contributed by atoms with Gasteiger partial charge in [0.2, 0.25) is 5.91 Å². The molecule has 0 unspecified atom stereocenters. The summed E-state index contributed by atoms with van der Waals surface area (Å²) in [5, 5.41) is 0. The molecule has 1 aliphatic heterocycles. The van der Waals surface area contributed by atoms with E-state index in [1.54, 1.807) is 36.4 Å². The van der Waals surface area contributed by atoms with Crippen LogP contribution in [0.2, 0.25) is 0 Å². The molecule has 25 heavy (non-hydrogen) atoms. The molecule has 1 atom stereocenters. The van der Waals surface area contributed by atoms with Gasteiger partial charge in [0.05, 0.1) is 17.7 Å². The Balaban J connectivity index is 1.67. The Kier molecular flexibility index (Phi) is 5.50. The van der Waals surface area contributed by atoms with Crippen molar-refractivity contribution in [2.75, 3.05) is 4.90 Å². The highest BCUT2D eigenvalue weighted by atomic mass is 127. The van der Waals surface area contributed by atoms with Crippen molar-refractivity contribution in [1.29, 1.82) is 0 Å². The number of hydrogen-bond donors (Lipinski definition) is 2. The van der Waals surface area contributed by atoms with Crippen LogP contribution in [0, 0.1) is 3.57 Å². The second-order valence-corrected chi connectivity index (χ2v) is 7.46. The number of carbonyl (C=O) groups is 3. The highest BCUT2D eigenvalue weighted by Crippen LogP contribution is 2.24. The van der Waals surface area contributed by atoms with Gasteiger partial charge in [0.25, 0.3) is 11.8 Å². The lowest BCUT2D eigenvalue weighted by Crippen LogP contribution is -2.48. The molecule has 8 heteroatoms. The number of amides is 3. The normalized spacial score (nSPS) is 17.0. The molecule has 2 N–H and O–H groups in total. The third-order valence-corrected chi connectivity index (χ3v) is 5.18. The van der Waals surface area contributed by atoms with Gasteiger partial charge in [-0.25, -0.2) is 10.3 Å². The van der Waals surface area contributed by atoms with Crippen molar-refractivity contribution in [3.05, 3.63) is 62.1 Å². The Hall–Kier alpha value is -1.78. The largest absolute Gasteiger partial charge is 0.287 e. The summed E-state index contributed by atoms with van der Waals surface area (Å²) in [6, 6.07) is 13.2. The number of hydrazine groups is 1. The monoisotopic (exact) mass is 513 g/mol. The Morgan fingerprint density at radius 3 is 2.48 bits per heavy atom. The molecule has 1 fully saturated rings. The Labute approximate surface area is 166 Å². The zero-order valence-corrected chi connectivity index (χ0v) is 16.6. The maximum absolute atomic E-state index is 12.5. The quantitative estimate of drug-likeness (QED) is 0.374. The lowest BCUT2D eigenvalue weighted by molar-refractivity contribution is -0.121. The van der Waals surface area contributed by atoms with E-state index in [-0.39, 0.29) is 18.2 Å². The fourth-order valence-corrected chi connectivity index (χ4v) is 3.37. The maximum atomic E-state index is 12.5. The number of benzene rings is 2. The van der Waals surface area contributed by atoms with Crippen LogP contribution in [0.25, 0.3) is 0 Å². The fraction of sp³-hybridized carbons (Fsp3) is 0.118. The molecule has 3 amide bonds. The first-order chi connectivity index (χ1) is 12.0. The van der Waals surface area contributed by atoms with Gasteiger partial charge in [-0.15, -0.1) is 0 Å². The molecule has 2 aromatic carbocycles. The van der Waals surface area contributed by atoms with Gasteiger partial charge in [0, 0.05) is 8.04 Å². The summed E-state index contributed by atoms with van der Waals surface area (Å²) in [5.41, 5.74) is 6.19. The van der Waals surface area contributed by atoms with E-state index in [0.717, 1.165) is 12.9 Å². The molecule has 1 aliphatic rings. The van der Waals surface area contributed by atoms with Gasteiger partial charge >= 0.3 is 0 Å². The number of rotatable bonds is 4. The van der Waals surface area contributed by atoms with E-state index in [2.05, 4.69) is 49.4 Å². The number of nitrogens with one attached hydrogen (secondary N) is 2. The van der Waals surface area contributed by atoms with Crippen molar-refractivity contribution in [2.45, 2.75) is 12.5 Å². The van der Waals surface area contributed by atoms with Crippen molar-refractivity contribution in [3.63, 3.8) is 0 Å². The number of halogens is 2. The average Bonchev–Trinajstić information content (AvgIpc) is 2.88. The Bertz CT molecular complexity index is 841. The number of imide groups is 1. The summed E-state index contributed by atoms with van der Waals surface area (Å²) in [7, 11) is 0. The van der Waals surface area contributed by atoms with Crippen LogP contribution >= 0.6 is 38.5 Å². The van der Waals surface area contributed by atoms with Crippen LogP contribution in [0.5, 0.6) is 0 Å². The molecule has 3 rings (SSSR count). The third-order valence-electron chi connectivity index (χ3n) is 3.71. The van der Waals surface area contributed by atoms with Gasteiger partial charge in [-0.05, 0) is 59.0 Å². The summed E-state index contributed by atoms with van der Waals surface area (Å²) in [6.45, 7) is 0. The molecule has 0 bridgehead atoms. The van der Waals surface area contributed by atoms with E-state index < -0.39 is 11.9 Å². The van der Waals surface area contributed by atoms with E-state index in [1.807, 2.05) is 12.1 Å². The summed E-state index contributed by atoms with van der Waals surface area (Å²) in [4.78, 5) is 38.0. The molecule has 6 nitrogen and oxygen atoms in total. The Morgan fingerprint density at radius 1 is 1.12 bits per heavy atom. The van der Waals surface area contributed by atoms with Crippen LogP contribution < -0.4 is 15.8 Å². The predicted molar refractivity (Wildman–Crippen MR) is 105 cm³/mol. The minimum Gasteiger partial charge on any atom is -0.287 e. The molecule has 0 aliphatic carbocycles. The van der Waals surface area contributed by atoms with Gasteiger partial charge in [-0.1, -0.05) is 28.1 Å². The van der Waals surface area contributed by atoms with E-state index in [9.17, 15) is 14.4 Å². The van der Waals surface area contributed by atoms with Crippen LogP contribution in [0.3, 0.4) is 0 Å². The lowest BCUT2D eigenvalue weighted by atomic mass is 10.2. The second-order valence-electron chi connectivity index (χ2n) is 5.38. The molecule has 0 saturated carbocycles. The van der Waals surface area contributed by atoms with Crippen molar-refractivity contribution in [1.82, 2.24) is 10.9 Å². The van der Waals surface area contributed by atoms with E-state index in [4.69, 9.17) is 0 Å². The molecule has 0 spiro atoms.